The van der Waals surface area contributed by atoms with Crippen molar-refractivity contribution in [3.8, 4) is 11.3 Å². The van der Waals surface area contributed by atoms with Crippen molar-refractivity contribution < 1.29 is 19.1 Å². The molecule has 0 saturated heterocycles. The molecular formula is C24H31N3O4. The molecule has 0 radical (unpaired) electrons. The molecule has 7 heteroatoms. The predicted octanol–water partition coefficient (Wildman–Crippen LogP) is 3.62. The van der Waals surface area contributed by atoms with Crippen molar-refractivity contribution in [3.63, 3.8) is 0 Å². The lowest BCUT2D eigenvalue weighted by molar-refractivity contribution is -0.154. The predicted molar refractivity (Wildman–Crippen MR) is 116 cm³/mol. The van der Waals surface area contributed by atoms with Crippen molar-refractivity contribution in [3.05, 3.63) is 42.4 Å². The number of imidazole rings is 1. The number of esters is 2. The highest BCUT2D eigenvalue weighted by molar-refractivity contribution is 5.77. The Morgan fingerprint density at radius 1 is 1.23 bits per heavy atom. The highest BCUT2D eigenvalue weighted by Gasteiger charge is 2.35. The summed E-state index contributed by atoms with van der Waals surface area (Å²) in [5, 5.41) is 0. The number of ether oxygens (including phenoxy) is 2. The fourth-order valence-corrected chi connectivity index (χ4v) is 5.01. The zero-order chi connectivity index (χ0) is 21.8. The number of methoxy groups -OCH3 is 1. The standard InChI is InChI=1S/C24H31N3O4/c1-30-24(29)19(25)11-12-23(28)31-22(16-7-3-2-4-8-16)13-20-17-9-5-6-10-18(17)21-14-26-15-27(20)21/h5-6,9-10,14-16,19-20,22H,2-4,7-8,11-13,25H2,1H3. The Balaban J connectivity index is 1.49. The number of nitrogens with zero attached hydrogens (tertiary/aromatic N) is 2. The van der Waals surface area contributed by atoms with Crippen LogP contribution in [0.3, 0.4) is 0 Å². The minimum absolute atomic E-state index is 0.103. The van der Waals surface area contributed by atoms with Gasteiger partial charge in [0.25, 0.3) is 0 Å². The summed E-state index contributed by atoms with van der Waals surface area (Å²) in [6.07, 6.45) is 10.4. The number of rotatable bonds is 8. The Morgan fingerprint density at radius 2 is 2.00 bits per heavy atom. The van der Waals surface area contributed by atoms with E-state index in [1.54, 1.807) is 0 Å². The second-order valence-electron chi connectivity index (χ2n) is 8.62. The van der Waals surface area contributed by atoms with E-state index < -0.39 is 12.0 Å². The first-order chi connectivity index (χ1) is 15.1. The zero-order valence-corrected chi connectivity index (χ0v) is 18.0. The van der Waals surface area contributed by atoms with Crippen LogP contribution in [0.25, 0.3) is 11.3 Å². The van der Waals surface area contributed by atoms with E-state index in [0.717, 1.165) is 25.0 Å². The highest BCUT2D eigenvalue weighted by atomic mass is 16.5. The molecule has 2 N–H and O–H groups in total. The van der Waals surface area contributed by atoms with Crippen LogP contribution in [-0.2, 0) is 19.1 Å². The van der Waals surface area contributed by atoms with Gasteiger partial charge in [-0.1, -0.05) is 43.5 Å². The largest absolute Gasteiger partial charge is 0.468 e. The number of hydrogen-bond donors (Lipinski definition) is 1. The third-order valence-corrected chi connectivity index (χ3v) is 6.67. The van der Waals surface area contributed by atoms with Gasteiger partial charge < -0.3 is 19.8 Å². The third-order valence-electron chi connectivity index (χ3n) is 6.67. The summed E-state index contributed by atoms with van der Waals surface area (Å²) >= 11 is 0. The molecule has 3 atom stereocenters. The smallest absolute Gasteiger partial charge is 0.322 e. The van der Waals surface area contributed by atoms with Gasteiger partial charge in [-0.15, -0.1) is 0 Å². The van der Waals surface area contributed by atoms with Gasteiger partial charge in [0.2, 0.25) is 0 Å². The molecular weight excluding hydrogens is 394 g/mol. The van der Waals surface area contributed by atoms with Gasteiger partial charge in [0, 0.05) is 18.4 Å². The number of fused-ring (bicyclic) bond motifs is 3. The molecule has 1 saturated carbocycles. The Hall–Kier alpha value is -2.67. The van der Waals surface area contributed by atoms with Crippen LogP contribution in [0.5, 0.6) is 0 Å². The summed E-state index contributed by atoms with van der Waals surface area (Å²) in [7, 11) is 1.30. The Morgan fingerprint density at radius 3 is 2.77 bits per heavy atom. The van der Waals surface area contributed by atoms with Crippen LogP contribution in [0.4, 0.5) is 0 Å². The lowest BCUT2D eigenvalue weighted by Gasteiger charge is -2.32. The van der Waals surface area contributed by atoms with Crippen LogP contribution in [0.1, 0.15) is 63.0 Å². The van der Waals surface area contributed by atoms with Crippen LogP contribution in [-0.4, -0.2) is 40.7 Å². The summed E-state index contributed by atoms with van der Waals surface area (Å²) in [4.78, 5) is 28.5. The van der Waals surface area contributed by atoms with Gasteiger partial charge in [-0.2, -0.15) is 0 Å². The molecule has 2 aromatic rings. The first-order valence-electron chi connectivity index (χ1n) is 11.2. The fraction of sp³-hybridized carbons (Fsp3) is 0.542. The Bertz CT molecular complexity index is 919. The normalized spacial score (nSPS) is 19.9. The van der Waals surface area contributed by atoms with E-state index in [4.69, 9.17) is 10.5 Å². The minimum atomic E-state index is -0.805. The third kappa shape index (κ3) is 4.66. The summed E-state index contributed by atoms with van der Waals surface area (Å²) < 4.78 is 12.9. The molecule has 0 amide bonds. The summed E-state index contributed by atoms with van der Waals surface area (Å²) in [5.74, 6) is -0.453. The van der Waals surface area contributed by atoms with E-state index in [0.29, 0.717) is 5.92 Å². The molecule has 4 rings (SSSR count). The van der Waals surface area contributed by atoms with Crippen molar-refractivity contribution in [2.24, 2.45) is 11.7 Å². The van der Waals surface area contributed by atoms with E-state index in [2.05, 4.69) is 32.5 Å². The average Bonchev–Trinajstić information content (AvgIpc) is 3.39. The van der Waals surface area contributed by atoms with E-state index >= 15 is 0 Å². The Kier molecular flexibility index (Phi) is 6.70. The Labute approximate surface area is 182 Å². The highest BCUT2D eigenvalue weighted by Crippen LogP contribution is 2.43. The second-order valence-corrected chi connectivity index (χ2v) is 8.62. The molecule has 2 heterocycles. The first-order valence-corrected chi connectivity index (χ1v) is 11.2. The van der Waals surface area contributed by atoms with E-state index in [9.17, 15) is 9.59 Å². The quantitative estimate of drug-likeness (QED) is 0.649. The number of hydrogen-bond acceptors (Lipinski definition) is 6. The lowest BCUT2D eigenvalue weighted by atomic mass is 9.82. The SMILES string of the molecule is COC(=O)C(N)CCC(=O)OC(CC1c2ccccc2-c2cncn21)C1CCCCC1. The second kappa shape index (κ2) is 9.64. The molecule has 0 bridgehead atoms. The molecule has 31 heavy (non-hydrogen) atoms. The molecule has 1 fully saturated rings. The topological polar surface area (TPSA) is 96.4 Å². The van der Waals surface area contributed by atoms with Crippen LogP contribution < -0.4 is 5.73 Å². The van der Waals surface area contributed by atoms with Gasteiger partial charge in [-0.25, -0.2) is 4.98 Å². The average molecular weight is 426 g/mol. The maximum Gasteiger partial charge on any atom is 0.322 e. The van der Waals surface area contributed by atoms with Crippen molar-refractivity contribution in [2.75, 3.05) is 7.11 Å². The molecule has 7 nitrogen and oxygen atoms in total. The molecule has 1 aliphatic carbocycles. The van der Waals surface area contributed by atoms with Gasteiger partial charge in [0.1, 0.15) is 12.1 Å². The van der Waals surface area contributed by atoms with Gasteiger partial charge in [-0.05, 0) is 30.7 Å². The molecule has 166 valence electrons. The molecule has 3 unspecified atom stereocenters. The molecule has 1 aliphatic heterocycles. The number of benzene rings is 1. The molecule has 0 spiro atoms. The molecule has 2 aliphatic rings. The molecule has 1 aromatic heterocycles. The number of carbonyl (C=O) groups excluding carboxylic acids is 2. The summed E-state index contributed by atoms with van der Waals surface area (Å²) in [5.41, 5.74) is 9.34. The summed E-state index contributed by atoms with van der Waals surface area (Å²) in [6, 6.07) is 7.68. The van der Waals surface area contributed by atoms with E-state index in [-0.39, 0.29) is 31.0 Å². The lowest BCUT2D eigenvalue weighted by Crippen LogP contribution is -2.34. The van der Waals surface area contributed by atoms with Gasteiger partial charge >= 0.3 is 11.9 Å². The van der Waals surface area contributed by atoms with Gasteiger partial charge in [0.05, 0.1) is 31.4 Å². The van der Waals surface area contributed by atoms with Crippen LogP contribution in [0.15, 0.2) is 36.8 Å². The van der Waals surface area contributed by atoms with Crippen molar-refractivity contribution in [1.29, 1.82) is 0 Å². The maximum atomic E-state index is 12.7. The van der Waals surface area contributed by atoms with Crippen molar-refractivity contribution in [1.82, 2.24) is 9.55 Å². The van der Waals surface area contributed by atoms with Crippen molar-refractivity contribution in [2.45, 2.75) is 69.6 Å². The molecule has 1 aromatic carbocycles. The number of aromatic nitrogens is 2. The monoisotopic (exact) mass is 425 g/mol. The van der Waals surface area contributed by atoms with Crippen LogP contribution in [0.2, 0.25) is 0 Å². The summed E-state index contributed by atoms with van der Waals surface area (Å²) in [6.45, 7) is 0. The van der Waals surface area contributed by atoms with Gasteiger partial charge in [0.15, 0.2) is 0 Å². The van der Waals surface area contributed by atoms with Crippen LogP contribution >= 0.6 is 0 Å². The van der Waals surface area contributed by atoms with Crippen LogP contribution in [0, 0.1) is 5.92 Å². The zero-order valence-electron chi connectivity index (χ0n) is 18.0. The number of nitrogens with two attached hydrogens (primary N) is 1. The first kappa shape index (κ1) is 21.6. The van der Waals surface area contributed by atoms with E-state index in [1.165, 1.54) is 37.5 Å². The maximum absolute atomic E-state index is 12.7. The van der Waals surface area contributed by atoms with Crippen molar-refractivity contribution >= 4 is 11.9 Å². The number of carbonyl (C=O) groups is 2. The van der Waals surface area contributed by atoms with E-state index in [1.807, 2.05) is 18.6 Å². The fourth-order valence-electron chi connectivity index (χ4n) is 5.01. The van der Waals surface area contributed by atoms with Gasteiger partial charge in [-0.3, -0.25) is 9.59 Å². The minimum Gasteiger partial charge on any atom is -0.468 e.